The molecule has 7 aromatic rings. The summed E-state index contributed by atoms with van der Waals surface area (Å²) in [7, 11) is 0. The van der Waals surface area contributed by atoms with Crippen molar-refractivity contribution in [2.24, 2.45) is 0 Å². The summed E-state index contributed by atoms with van der Waals surface area (Å²) in [4.78, 5) is 45.4. The van der Waals surface area contributed by atoms with Crippen molar-refractivity contribution >= 4 is 44.1 Å². The molecule has 770 valence electrons. The molecule has 5 heterocycles. The summed E-state index contributed by atoms with van der Waals surface area (Å²) in [6.45, 7) is 22.8. The van der Waals surface area contributed by atoms with E-state index in [9.17, 15) is 0 Å². The molecular formula is C120H192N8NiO8. The Balaban J connectivity index is 0.0000230. The maximum Gasteiger partial charge on any atom is 2.00 e. The number of hydrogen-bond acceptors (Lipinski definition) is 14. The third kappa shape index (κ3) is 44.3. The second-order valence-electron chi connectivity index (χ2n) is 40.3. The van der Waals surface area contributed by atoms with Gasteiger partial charge in [0.15, 0.2) is 46.0 Å². The third-order valence-corrected chi connectivity index (χ3v) is 28.0. The molecule has 17 heteroatoms. The van der Waals surface area contributed by atoms with E-state index in [1.807, 2.05) is 0 Å². The summed E-state index contributed by atoms with van der Waals surface area (Å²) in [6.07, 6.45) is 87.7. The molecule has 0 spiro atoms. The zero-order valence-corrected chi connectivity index (χ0v) is 89.3. The maximum absolute atomic E-state index is 7.04. The molecule has 0 N–H and O–H groups in total. The molecule has 137 heavy (non-hydrogen) atoms. The van der Waals surface area contributed by atoms with Crippen LogP contribution in [0.4, 0.5) is 0 Å². The second-order valence-corrected chi connectivity index (χ2v) is 40.3. The van der Waals surface area contributed by atoms with Gasteiger partial charge in [-0.1, -0.05) is 466 Å². The molecule has 0 unspecified atom stereocenters. The van der Waals surface area contributed by atoms with E-state index in [2.05, 4.69) is 104 Å². The Morgan fingerprint density at radius 1 is 0.153 bits per heavy atom. The van der Waals surface area contributed by atoms with Crippen LogP contribution in [0.15, 0.2) is 48.5 Å². The first-order chi connectivity index (χ1) is 67.3. The van der Waals surface area contributed by atoms with Crippen LogP contribution in [-0.4, -0.2) is 82.8 Å². The first-order valence-corrected chi connectivity index (χ1v) is 57.8. The van der Waals surface area contributed by atoms with Gasteiger partial charge in [0.1, 0.15) is 0 Å². The minimum absolute atomic E-state index is 0. The molecule has 8 bridgehead atoms. The summed E-state index contributed by atoms with van der Waals surface area (Å²) in [6, 6.07) is 16.9. The zero-order chi connectivity index (χ0) is 95.4. The molecule has 0 radical (unpaired) electrons. The van der Waals surface area contributed by atoms with E-state index < -0.39 is 0 Å². The maximum atomic E-state index is 7.04. The molecule has 4 aromatic carbocycles. The molecule has 0 saturated heterocycles. The fourth-order valence-electron chi connectivity index (χ4n) is 19.3. The van der Waals surface area contributed by atoms with Gasteiger partial charge in [0.2, 0.25) is 0 Å². The van der Waals surface area contributed by atoms with Gasteiger partial charge in [-0.2, -0.15) is 0 Å². The summed E-state index contributed by atoms with van der Waals surface area (Å²) in [5.41, 5.74) is 4.79. The van der Waals surface area contributed by atoms with Crippen LogP contribution < -0.4 is 47.9 Å². The average Bonchev–Trinajstić information content (AvgIpc) is 1.59. The number of nitrogens with zero attached hydrogens (tertiary/aromatic N) is 8. The summed E-state index contributed by atoms with van der Waals surface area (Å²) in [5.74, 6) is 7.10. The van der Waals surface area contributed by atoms with Crippen LogP contribution >= 0.6 is 0 Å². The van der Waals surface area contributed by atoms with Gasteiger partial charge in [0, 0.05) is 44.8 Å². The van der Waals surface area contributed by atoms with Gasteiger partial charge in [-0.25, -0.2) is 9.97 Å². The normalized spacial score (nSPS) is 11.7. The largest absolute Gasteiger partial charge is 2.00 e. The number of hydrogen-bond donors (Lipinski definition) is 0. The summed E-state index contributed by atoms with van der Waals surface area (Å²) >= 11 is 0. The smallest absolute Gasteiger partial charge is 0.490 e. The quantitative estimate of drug-likeness (QED) is 0.0259. The van der Waals surface area contributed by atoms with Crippen molar-refractivity contribution in [3.63, 3.8) is 0 Å². The number of fused-ring (bicyclic) bond motifs is 20. The fraction of sp³-hybridized carbons (Fsp3) is 0.733. The van der Waals surface area contributed by atoms with Crippen molar-refractivity contribution in [2.45, 2.75) is 518 Å². The second kappa shape index (κ2) is 74.1. The first kappa shape index (κ1) is 115. The molecule has 16 nitrogen and oxygen atoms in total. The van der Waals surface area contributed by atoms with Crippen LogP contribution in [-0.2, 0) is 16.5 Å². The van der Waals surface area contributed by atoms with Crippen LogP contribution in [0.1, 0.15) is 518 Å². The Morgan fingerprint density at radius 2 is 0.270 bits per heavy atom. The molecule has 0 atom stereocenters. The number of aromatic nitrogens is 8. The van der Waals surface area contributed by atoms with Crippen molar-refractivity contribution in [1.29, 1.82) is 0 Å². The Hall–Kier alpha value is -6.87. The molecule has 0 saturated carbocycles. The molecule has 9 rings (SSSR count). The summed E-state index contributed by atoms with van der Waals surface area (Å²) in [5, 5.41) is 3.04. The Kier molecular flexibility index (Phi) is 62.4. The van der Waals surface area contributed by atoms with Crippen molar-refractivity contribution in [3.8, 4) is 91.5 Å². The minimum Gasteiger partial charge on any atom is -0.490 e. The molecular weight excluding hydrogens is 1740 g/mol. The van der Waals surface area contributed by atoms with E-state index in [0.717, 1.165) is 147 Å². The topological polar surface area (TPSA) is 179 Å². The average molecular weight is 1930 g/mol. The SMILES string of the molecule is CCCCCCCCCCCOc1cc2c(cc1OCCCCCCCCCCC)-c1nc-2nc2[n-]c(nc3nc(nc4[n-]c(n1)c1cc(OCCCCCCCCCCC)c(OCCCCCCCCCCC)cc41)-c1cc(OCCCCCCCCCCC)c(OCCCCCCCCCCC)cc1-3)c1cc(OCCCCCCCCCCC)c(OCCCCCCCCCCC)cc21.[Ni+2]. The van der Waals surface area contributed by atoms with E-state index in [0.29, 0.717) is 145 Å². The van der Waals surface area contributed by atoms with Crippen molar-refractivity contribution in [3.05, 3.63) is 48.5 Å². The monoisotopic (exact) mass is 1930 g/mol. The molecule has 3 aromatic heterocycles. The molecule has 0 amide bonds. The number of benzene rings is 4. The number of unbranched alkanes of at least 4 members (excludes halogenated alkanes) is 64. The molecule has 2 aliphatic heterocycles. The third-order valence-electron chi connectivity index (χ3n) is 28.0. The van der Waals surface area contributed by atoms with Crippen LogP contribution in [0, 0.1) is 0 Å². The summed E-state index contributed by atoms with van der Waals surface area (Å²) < 4.78 is 56.3. The molecule has 0 fully saturated rings. The van der Waals surface area contributed by atoms with Crippen molar-refractivity contribution in [1.82, 2.24) is 39.9 Å². The first-order valence-electron chi connectivity index (χ1n) is 57.8. The number of ether oxygens (including phenoxy) is 8. The van der Waals surface area contributed by atoms with Gasteiger partial charge in [-0.05, 0) is 121 Å². The van der Waals surface area contributed by atoms with Crippen LogP contribution in [0.5, 0.6) is 46.0 Å². The minimum atomic E-state index is 0. The van der Waals surface area contributed by atoms with Crippen molar-refractivity contribution in [2.75, 3.05) is 52.9 Å². The number of rotatable bonds is 88. The van der Waals surface area contributed by atoms with Crippen LogP contribution in [0.3, 0.4) is 0 Å². The fourth-order valence-corrected chi connectivity index (χ4v) is 19.3. The van der Waals surface area contributed by atoms with E-state index in [-0.39, 0.29) is 16.5 Å². The van der Waals surface area contributed by atoms with E-state index in [1.165, 1.54) is 360 Å². The van der Waals surface area contributed by atoms with Gasteiger partial charge in [0.05, 0.1) is 76.2 Å². The molecule has 0 aliphatic carbocycles. The molecule has 2 aliphatic rings. The Morgan fingerprint density at radius 3 is 0.401 bits per heavy atom. The van der Waals surface area contributed by atoms with E-state index in [1.54, 1.807) is 0 Å². The van der Waals surface area contributed by atoms with Gasteiger partial charge in [-0.3, -0.25) is 0 Å². The van der Waals surface area contributed by atoms with Gasteiger partial charge in [0.25, 0.3) is 0 Å². The van der Waals surface area contributed by atoms with Crippen LogP contribution in [0.2, 0.25) is 0 Å². The predicted molar refractivity (Wildman–Crippen MR) is 576 cm³/mol. The van der Waals surface area contributed by atoms with Crippen LogP contribution in [0.25, 0.3) is 89.7 Å². The van der Waals surface area contributed by atoms with Gasteiger partial charge >= 0.3 is 16.5 Å². The zero-order valence-electron chi connectivity index (χ0n) is 88.3. The standard InChI is InChI=1S/C120H192N8O8.Ni/c1-9-17-25-33-41-49-57-65-73-81-129-105-89-97-98(90-106(105)130-82-74-66-58-50-42-34-26-18-10-2)114-121-113(97)125-115-99-91-107(131-83-75-67-59-51-43-35-27-19-11-3)108(132-84-76-68-60-52-44-36-28-20-12-4)92-100(99)117(122-115)127-119-103-95-111(135-87-79-71-63-55-47-39-31-23-15-7)112(136-88-80-72-64-56-48-40-32-24-16-8)96-104(103)120(124-119)128-118-102-94-110(134-86-78-70-62-54-46-38-30-22-14-6)109(93-101(102)116(123-118)126-114)133-85-77-69-61-53-45-37-29-21-13-5;/h89-96H,9-88H2,1-8H3;/q-2;+2. The van der Waals surface area contributed by atoms with Gasteiger partial charge < -0.3 is 67.8 Å². The Labute approximate surface area is 843 Å². The Bertz CT molecular complexity index is 3920. The van der Waals surface area contributed by atoms with E-state index in [4.69, 9.17) is 77.8 Å². The van der Waals surface area contributed by atoms with Gasteiger partial charge in [-0.15, -0.1) is 0 Å². The van der Waals surface area contributed by atoms with E-state index >= 15 is 0 Å². The van der Waals surface area contributed by atoms with Crippen molar-refractivity contribution < 1.29 is 54.4 Å². The predicted octanol–water partition coefficient (Wildman–Crippen LogP) is 37.4.